The number of hydrogen-bond donors (Lipinski definition) is 0. The van der Waals surface area contributed by atoms with Gasteiger partial charge < -0.3 is 14.4 Å². The molecule has 4 rings (SSSR count). The average molecular weight is 545 g/mol. The Morgan fingerprint density at radius 3 is 2.12 bits per heavy atom. The lowest BCUT2D eigenvalue weighted by Crippen LogP contribution is -2.40. The molecule has 0 aliphatic carbocycles. The summed E-state index contributed by atoms with van der Waals surface area (Å²) in [5, 5.41) is 0. The number of benzene rings is 4. The van der Waals surface area contributed by atoms with E-state index in [1.807, 2.05) is 112 Å². The monoisotopic (exact) mass is 544 g/mol. The van der Waals surface area contributed by atoms with Gasteiger partial charge in [-0.2, -0.15) is 0 Å². The van der Waals surface area contributed by atoms with E-state index in [4.69, 9.17) is 9.47 Å². The number of allylic oxidation sites excluding steroid dienone is 1. The van der Waals surface area contributed by atoms with E-state index in [0.717, 1.165) is 28.0 Å². The van der Waals surface area contributed by atoms with Crippen LogP contribution in [0.4, 0.5) is 5.69 Å². The number of aliphatic imine (C=N–C) groups is 1. The second kappa shape index (κ2) is 14.5. The fraction of sp³-hybridized carbons (Fsp3) is 0.167. The van der Waals surface area contributed by atoms with Crippen LogP contribution in [0.3, 0.4) is 0 Å². The Hall–Kier alpha value is -4.90. The van der Waals surface area contributed by atoms with E-state index < -0.39 is 0 Å². The predicted molar refractivity (Wildman–Crippen MR) is 168 cm³/mol. The lowest BCUT2D eigenvalue weighted by molar-refractivity contribution is 0.0977. The van der Waals surface area contributed by atoms with Crippen molar-refractivity contribution in [2.75, 3.05) is 4.90 Å². The van der Waals surface area contributed by atoms with Crippen LogP contribution in [0.5, 0.6) is 11.5 Å². The number of rotatable bonds is 12. The van der Waals surface area contributed by atoms with Crippen LogP contribution in [-0.4, -0.2) is 18.2 Å². The van der Waals surface area contributed by atoms with Gasteiger partial charge in [-0.1, -0.05) is 91.5 Å². The summed E-state index contributed by atoms with van der Waals surface area (Å²) >= 11 is 0. The van der Waals surface area contributed by atoms with Crippen molar-refractivity contribution in [2.24, 2.45) is 4.99 Å². The maximum absolute atomic E-state index is 14.4. The van der Waals surface area contributed by atoms with Crippen LogP contribution in [0, 0.1) is 6.92 Å². The number of para-hydroxylation sites is 1. The summed E-state index contributed by atoms with van der Waals surface area (Å²) in [4.78, 5) is 20.5. The molecule has 0 aliphatic rings. The minimum atomic E-state index is -0.276. The van der Waals surface area contributed by atoms with Crippen LogP contribution in [0.15, 0.2) is 133 Å². The van der Waals surface area contributed by atoms with E-state index in [2.05, 4.69) is 11.6 Å². The molecule has 0 bridgehead atoms. The van der Waals surface area contributed by atoms with Crippen LogP contribution < -0.4 is 14.4 Å². The highest BCUT2D eigenvalue weighted by molar-refractivity contribution is 6.09. The highest BCUT2D eigenvalue weighted by Gasteiger charge is 2.28. The van der Waals surface area contributed by atoms with Crippen molar-refractivity contribution >= 4 is 17.8 Å². The average Bonchev–Trinajstić information content (AvgIpc) is 3.01. The number of nitrogens with zero attached hydrogens (tertiary/aromatic N) is 2. The summed E-state index contributed by atoms with van der Waals surface area (Å²) in [6.45, 7) is 10.4. The molecule has 4 aromatic rings. The van der Waals surface area contributed by atoms with Crippen LogP contribution in [0.2, 0.25) is 0 Å². The Kier molecular flexibility index (Phi) is 10.3. The van der Waals surface area contributed by atoms with Crippen LogP contribution in [-0.2, 0) is 13.2 Å². The van der Waals surface area contributed by atoms with Gasteiger partial charge >= 0.3 is 0 Å². The fourth-order valence-corrected chi connectivity index (χ4v) is 4.36. The molecule has 0 radical (unpaired) electrons. The van der Waals surface area contributed by atoms with E-state index in [0.29, 0.717) is 30.3 Å². The molecule has 41 heavy (non-hydrogen) atoms. The van der Waals surface area contributed by atoms with Crippen molar-refractivity contribution in [2.45, 2.75) is 40.0 Å². The zero-order chi connectivity index (χ0) is 29.0. The van der Waals surface area contributed by atoms with Gasteiger partial charge in [-0.3, -0.25) is 9.79 Å². The number of hydrogen-bond acceptors (Lipinski definition) is 4. The summed E-state index contributed by atoms with van der Waals surface area (Å²) in [7, 11) is 0. The Labute approximate surface area is 243 Å². The summed E-state index contributed by atoms with van der Waals surface area (Å²) in [6, 6.07) is 32.9. The van der Waals surface area contributed by atoms with Crippen molar-refractivity contribution < 1.29 is 14.3 Å². The molecular weight excluding hydrogens is 508 g/mol. The zero-order valence-electron chi connectivity index (χ0n) is 23.9. The molecule has 0 heterocycles. The van der Waals surface area contributed by atoms with Gasteiger partial charge in [0.1, 0.15) is 24.7 Å². The molecule has 0 aromatic heterocycles. The molecule has 208 valence electrons. The van der Waals surface area contributed by atoms with Crippen LogP contribution in [0.1, 0.15) is 40.9 Å². The number of carbonyl (C=O) groups excluding carboxylic acids is 1. The van der Waals surface area contributed by atoms with Gasteiger partial charge in [0.2, 0.25) is 0 Å². The molecule has 0 spiro atoms. The molecule has 5 heteroatoms. The van der Waals surface area contributed by atoms with Crippen LogP contribution in [0.25, 0.3) is 0 Å². The van der Waals surface area contributed by atoms with E-state index in [1.54, 1.807) is 35.5 Å². The lowest BCUT2D eigenvalue weighted by atomic mass is 10.0. The summed E-state index contributed by atoms with van der Waals surface area (Å²) in [6.07, 6.45) is 5.01. The first-order valence-electron chi connectivity index (χ1n) is 13.7. The van der Waals surface area contributed by atoms with Crippen molar-refractivity contribution in [3.63, 3.8) is 0 Å². The van der Waals surface area contributed by atoms with E-state index in [9.17, 15) is 4.79 Å². The minimum Gasteiger partial charge on any atom is -0.489 e. The Morgan fingerprint density at radius 1 is 0.878 bits per heavy atom. The Morgan fingerprint density at radius 2 is 1.49 bits per heavy atom. The topological polar surface area (TPSA) is 51.1 Å². The summed E-state index contributed by atoms with van der Waals surface area (Å²) in [5.41, 5.74) is 5.25. The highest BCUT2D eigenvalue weighted by Crippen LogP contribution is 2.32. The molecule has 0 fully saturated rings. The first-order chi connectivity index (χ1) is 20.0. The zero-order valence-corrected chi connectivity index (χ0v) is 23.9. The SMILES string of the molecule is C=CC=NC=C(C)C(C)N(C(=O)c1ccc(OCc2ccccc2)cc1OCc1ccccc1)c1ccccc1C. The van der Waals surface area contributed by atoms with Gasteiger partial charge in [-0.25, -0.2) is 0 Å². The van der Waals surface area contributed by atoms with Gasteiger partial charge in [-0.05, 0) is 61.2 Å². The molecule has 4 aromatic carbocycles. The number of anilines is 1. The van der Waals surface area contributed by atoms with Crippen molar-refractivity contribution in [3.05, 3.63) is 150 Å². The minimum absolute atomic E-state index is 0.176. The Balaban J connectivity index is 1.72. The standard InChI is InChI=1S/C36H36N2O3/c1-5-22-37-24-28(3)29(4)38(34-19-13-12-14-27(34)2)36(39)33-21-20-32(40-25-30-15-8-6-9-16-30)23-35(33)41-26-31-17-10-7-11-18-31/h5-24,29H,1,25-26H2,2-4H3. The van der Waals surface area contributed by atoms with Gasteiger partial charge in [0.15, 0.2) is 0 Å². The van der Waals surface area contributed by atoms with E-state index in [-0.39, 0.29) is 11.9 Å². The smallest absolute Gasteiger partial charge is 0.262 e. The summed E-state index contributed by atoms with van der Waals surface area (Å²) < 4.78 is 12.4. The van der Waals surface area contributed by atoms with Crippen molar-refractivity contribution in [1.29, 1.82) is 0 Å². The van der Waals surface area contributed by atoms with Crippen molar-refractivity contribution in [1.82, 2.24) is 0 Å². The fourth-order valence-electron chi connectivity index (χ4n) is 4.36. The molecule has 1 unspecified atom stereocenters. The molecular formula is C36H36N2O3. The van der Waals surface area contributed by atoms with Crippen molar-refractivity contribution in [3.8, 4) is 11.5 Å². The molecule has 1 atom stereocenters. The second-order valence-corrected chi connectivity index (χ2v) is 9.75. The number of aryl methyl sites for hydroxylation is 1. The van der Waals surface area contributed by atoms with Crippen LogP contribution >= 0.6 is 0 Å². The lowest BCUT2D eigenvalue weighted by Gasteiger charge is -2.32. The molecule has 0 aliphatic heterocycles. The maximum Gasteiger partial charge on any atom is 0.262 e. The second-order valence-electron chi connectivity index (χ2n) is 9.75. The first kappa shape index (κ1) is 29.1. The quantitative estimate of drug-likeness (QED) is 0.168. The molecule has 0 N–H and O–H groups in total. The summed E-state index contributed by atoms with van der Waals surface area (Å²) in [5.74, 6) is 0.908. The van der Waals surface area contributed by atoms with E-state index in [1.165, 1.54) is 0 Å². The third kappa shape index (κ3) is 7.83. The maximum atomic E-state index is 14.4. The number of amides is 1. The number of ether oxygens (including phenoxy) is 2. The van der Waals surface area contributed by atoms with E-state index >= 15 is 0 Å². The predicted octanol–water partition coefficient (Wildman–Crippen LogP) is 8.35. The van der Waals surface area contributed by atoms with Gasteiger partial charge in [0.05, 0.1) is 11.6 Å². The molecule has 5 nitrogen and oxygen atoms in total. The Bertz CT molecular complexity index is 1510. The molecule has 1 amide bonds. The third-order valence-corrected chi connectivity index (χ3v) is 6.78. The molecule has 0 saturated heterocycles. The number of carbonyl (C=O) groups is 1. The van der Waals surface area contributed by atoms with Gasteiger partial charge in [0.25, 0.3) is 5.91 Å². The normalized spacial score (nSPS) is 12.1. The largest absolute Gasteiger partial charge is 0.489 e. The first-order valence-corrected chi connectivity index (χ1v) is 13.7. The molecule has 0 saturated carbocycles. The van der Waals surface area contributed by atoms with Gasteiger partial charge in [-0.15, -0.1) is 0 Å². The third-order valence-electron chi connectivity index (χ3n) is 6.78. The highest BCUT2D eigenvalue weighted by atomic mass is 16.5. The van der Waals surface area contributed by atoms with Gasteiger partial charge in [0, 0.05) is 24.2 Å².